The zero-order valence-electron chi connectivity index (χ0n) is 14.8. The lowest BCUT2D eigenvalue weighted by atomic mass is 10.2. The van der Waals surface area contributed by atoms with E-state index >= 15 is 0 Å². The molecule has 1 aromatic carbocycles. The highest BCUT2D eigenvalue weighted by molar-refractivity contribution is 7.17. The number of hydrogen-bond donors (Lipinski definition) is 1. The molecular formula is C20H15N3O3S2. The average Bonchev–Trinajstić information content (AvgIpc) is 3.36. The van der Waals surface area contributed by atoms with Crippen molar-refractivity contribution in [2.45, 2.75) is 6.92 Å². The molecule has 1 amide bonds. The first-order chi connectivity index (χ1) is 13.6. The number of esters is 1. The minimum Gasteiger partial charge on any atom is -0.451 e. The van der Waals surface area contributed by atoms with E-state index in [0.29, 0.717) is 16.3 Å². The number of ether oxygens (including phenoxy) is 1. The van der Waals surface area contributed by atoms with Gasteiger partial charge in [-0.15, -0.1) is 11.3 Å². The van der Waals surface area contributed by atoms with Crippen molar-refractivity contribution in [3.63, 3.8) is 0 Å². The van der Waals surface area contributed by atoms with Gasteiger partial charge < -0.3 is 10.1 Å². The zero-order chi connectivity index (χ0) is 19.5. The van der Waals surface area contributed by atoms with Gasteiger partial charge in [0.15, 0.2) is 6.61 Å². The van der Waals surface area contributed by atoms with E-state index in [4.69, 9.17) is 4.74 Å². The summed E-state index contributed by atoms with van der Waals surface area (Å²) in [5.74, 6) is -0.962. The second-order valence-corrected chi connectivity index (χ2v) is 7.72. The molecule has 28 heavy (non-hydrogen) atoms. The number of aryl methyl sites for hydroxylation is 1. The van der Waals surface area contributed by atoms with Gasteiger partial charge in [-0.2, -0.15) is 11.3 Å². The molecule has 0 unspecified atom stereocenters. The van der Waals surface area contributed by atoms with E-state index in [1.165, 1.54) is 11.3 Å². The second kappa shape index (κ2) is 7.87. The van der Waals surface area contributed by atoms with Crippen LogP contribution in [0.25, 0.3) is 21.5 Å². The van der Waals surface area contributed by atoms with Crippen molar-refractivity contribution in [2.24, 2.45) is 0 Å². The smallest absolute Gasteiger partial charge is 0.350 e. The first kappa shape index (κ1) is 18.3. The van der Waals surface area contributed by atoms with Crippen LogP contribution in [0.5, 0.6) is 0 Å². The lowest BCUT2D eigenvalue weighted by Crippen LogP contribution is -2.21. The number of hydrogen-bond acceptors (Lipinski definition) is 7. The predicted octanol–water partition coefficient (Wildman–Crippen LogP) is 4.52. The van der Waals surface area contributed by atoms with E-state index in [9.17, 15) is 9.59 Å². The Morgan fingerprint density at radius 1 is 1.18 bits per heavy atom. The number of aromatic nitrogens is 2. The van der Waals surface area contributed by atoms with Crippen LogP contribution in [0.15, 0.2) is 53.4 Å². The van der Waals surface area contributed by atoms with Crippen molar-refractivity contribution < 1.29 is 14.3 Å². The highest BCUT2D eigenvalue weighted by atomic mass is 32.1. The summed E-state index contributed by atoms with van der Waals surface area (Å²) in [7, 11) is 0. The van der Waals surface area contributed by atoms with Crippen molar-refractivity contribution in [1.82, 2.24) is 9.97 Å². The standard InChI is InChI=1S/C20H15N3O3S2/c1-12-18(28-19(22-12)13-7-9-27-11-13)20(25)26-10-17(24)23-16-6-2-5-15-14(16)4-3-8-21-15/h2-9,11H,10H2,1H3,(H,23,24). The van der Waals surface area contributed by atoms with Crippen molar-refractivity contribution >= 4 is 51.1 Å². The number of amides is 1. The summed E-state index contributed by atoms with van der Waals surface area (Å²) < 4.78 is 5.19. The number of carbonyl (C=O) groups excluding carboxylic acids is 2. The predicted molar refractivity (Wildman–Crippen MR) is 111 cm³/mol. The number of carbonyl (C=O) groups is 2. The van der Waals surface area contributed by atoms with Crippen LogP contribution in [-0.4, -0.2) is 28.5 Å². The Kier molecular flexibility index (Phi) is 5.14. The molecule has 0 aliphatic rings. The third-order valence-corrected chi connectivity index (χ3v) is 5.87. The number of benzene rings is 1. The van der Waals surface area contributed by atoms with Crippen LogP contribution in [-0.2, 0) is 9.53 Å². The molecule has 0 radical (unpaired) electrons. The fraction of sp³-hybridized carbons (Fsp3) is 0.100. The third-order valence-electron chi connectivity index (χ3n) is 4.00. The van der Waals surface area contributed by atoms with Gasteiger partial charge in [-0.05, 0) is 42.6 Å². The van der Waals surface area contributed by atoms with Crippen LogP contribution >= 0.6 is 22.7 Å². The summed E-state index contributed by atoms with van der Waals surface area (Å²) in [6.45, 7) is 1.38. The van der Waals surface area contributed by atoms with E-state index < -0.39 is 11.9 Å². The summed E-state index contributed by atoms with van der Waals surface area (Å²) in [4.78, 5) is 33.7. The molecule has 0 aliphatic heterocycles. The van der Waals surface area contributed by atoms with Crippen LogP contribution < -0.4 is 5.32 Å². The van der Waals surface area contributed by atoms with Gasteiger partial charge in [0.25, 0.3) is 5.91 Å². The topological polar surface area (TPSA) is 81.2 Å². The maximum absolute atomic E-state index is 12.4. The number of nitrogens with zero attached hydrogens (tertiary/aromatic N) is 2. The Morgan fingerprint density at radius 2 is 2.07 bits per heavy atom. The molecule has 3 aromatic heterocycles. The Balaban J connectivity index is 1.41. The maximum Gasteiger partial charge on any atom is 0.350 e. The van der Waals surface area contributed by atoms with Gasteiger partial charge in [0.2, 0.25) is 0 Å². The largest absolute Gasteiger partial charge is 0.451 e. The first-order valence-corrected chi connectivity index (χ1v) is 10.2. The van der Waals surface area contributed by atoms with E-state index in [1.807, 2.05) is 35.0 Å². The molecule has 0 saturated heterocycles. The highest BCUT2D eigenvalue weighted by Crippen LogP contribution is 2.29. The van der Waals surface area contributed by atoms with Crippen LogP contribution in [0.4, 0.5) is 5.69 Å². The van der Waals surface area contributed by atoms with E-state index in [-0.39, 0.29) is 6.61 Å². The molecule has 0 atom stereocenters. The van der Waals surface area contributed by atoms with Crippen molar-refractivity contribution in [1.29, 1.82) is 0 Å². The number of thiazole rings is 1. The van der Waals surface area contributed by atoms with Crippen molar-refractivity contribution in [3.05, 3.63) is 63.9 Å². The SMILES string of the molecule is Cc1nc(-c2ccsc2)sc1C(=O)OCC(=O)Nc1cccc2ncccc12. The Morgan fingerprint density at radius 3 is 2.89 bits per heavy atom. The zero-order valence-corrected chi connectivity index (χ0v) is 16.5. The molecule has 0 bridgehead atoms. The van der Waals surface area contributed by atoms with E-state index in [1.54, 1.807) is 36.6 Å². The van der Waals surface area contributed by atoms with Gasteiger partial charge >= 0.3 is 5.97 Å². The molecule has 0 spiro atoms. The average molecular weight is 409 g/mol. The Hall–Kier alpha value is -3.10. The molecule has 0 saturated carbocycles. The van der Waals surface area contributed by atoms with E-state index in [2.05, 4.69) is 15.3 Å². The molecule has 0 fully saturated rings. The van der Waals surface area contributed by atoms with Crippen LogP contribution in [0.1, 0.15) is 15.4 Å². The van der Waals surface area contributed by atoms with Crippen molar-refractivity contribution in [2.75, 3.05) is 11.9 Å². The molecule has 140 valence electrons. The second-order valence-electron chi connectivity index (χ2n) is 5.95. The lowest BCUT2D eigenvalue weighted by Gasteiger charge is -2.08. The summed E-state index contributed by atoms with van der Waals surface area (Å²) in [5.41, 5.74) is 2.97. The minimum atomic E-state index is -0.550. The number of rotatable bonds is 5. The quantitative estimate of drug-likeness (QED) is 0.490. The molecule has 6 nitrogen and oxygen atoms in total. The van der Waals surface area contributed by atoms with Gasteiger partial charge in [0, 0.05) is 22.5 Å². The number of anilines is 1. The first-order valence-electron chi connectivity index (χ1n) is 8.42. The van der Waals surface area contributed by atoms with Gasteiger partial charge in [-0.25, -0.2) is 9.78 Å². The molecule has 4 rings (SSSR count). The fourth-order valence-electron chi connectivity index (χ4n) is 2.69. The van der Waals surface area contributed by atoms with E-state index in [0.717, 1.165) is 21.5 Å². The fourth-order valence-corrected chi connectivity index (χ4v) is 4.36. The summed E-state index contributed by atoms with van der Waals surface area (Å²) in [5, 5.41) is 8.28. The molecule has 4 aromatic rings. The Bertz CT molecular complexity index is 1150. The third kappa shape index (κ3) is 3.78. The van der Waals surface area contributed by atoms with Gasteiger partial charge in [0.05, 0.1) is 16.9 Å². The number of thiophene rings is 1. The Labute approximate surface area is 168 Å². The van der Waals surface area contributed by atoms with Crippen LogP contribution in [0.3, 0.4) is 0 Å². The lowest BCUT2D eigenvalue weighted by molar-refractivity contribution is -0.119. The summed E-state index contributed by atoms with van der Waals surface area (Å²) >= 11 is 2.83. The monoisotopic (exact) mass is 409 g/mol. The number of fused-ring (bicyclic) bond motifs is 1. The highest BCUT2D eigenvalue weighted by Gasteiger charge is 2.19. The molecule has 0 aliphatic carbocycles. The minimum absolute atomic E-state index is 0.374. The summed E-state index contributed by atoms with van der Waals surface area (Å²) in [6, 6.07) is 11.1. The molecule has 8 heteroatoms. The molecular weight excluding hydrogens is 394 g/mol. The number of pyridine rings is 1. The maximum atomic E-state index is 12.4. The van der Waals surface area contributed by atoms with Crippen LogP contribution in [0, 0.1) is 6.92 Å². The van der Waals surface area contributed by atoms with Crippen LogP contribution in [0.2, 0.25) is 0 Å². The van der Waals surface area contributed by atoms with Gasteiger partial charge in [0.1, 0.15) is 9.88 Å². The normalized spacial score (nSPS) is 10.8. The van der Waals surface area contributed by atoms with Crippen molar-refractivity contribution in [3.8, 4) is 10.6 Å². The molecule has 3 heterocycles. The number of nitrogens with one attached hydrogen (secondary N) is 1. The summed E-state index contributed by atoms with van der Waals surface area (Å²) in [6.07, 6.45) is 1.69. The van der Waals surface area contributed by atoms with Gasteiger partial charge in [-0.3, -0.25) is 9.78 Å². The molecule has 1 N–H and O–H groups in total. The van der Waals surface area contributed by atoms with Gasteiger partial charge in [-0.1, -0.05) is 6.07 Å².